The average molecular weight is 464 g/mol. The van der Waals surface area contributed by atoms with E-state index >= 15 is 0 Å². The number of benzene rings is 1. The van der Waals surface area contributed by atoms with Crippen molar-refractivity contribution in [3.63, 3.8) is 0 Å². The van der Waals surface area contributed by atoms with Gasteiger partial charge in [0.25, 0.3) is 5.91 Å². The van der Waals surface area contributed by atoms with Gasteiger partial charge in [0.05, 0.1) is 31.9 Å². The van der Waals surface area contributed by atoms with E-state index in [1.165, 1.54) is 9.96 Å². The van der Waals surface area contributed by atoms with E-state index in [2.05, 4.69) is 0 Å². The zero-order valence-electron chi connectivity index (χ0n) is 16.4. The lowest BCUT2D eigenvalue weighted by Crippen LogP contribution is -2.37. The maximum absolute atomic E-state index is 14.8. The van der Waals surface area contributed by atoms with Crippen LogP contribution in [-0.2, 0) is 14.4 Å². The third-order valence-electron chi connectivity index (χ3n) is 4.74. The van der Waals surface area contributed by atoms with Gasteiger partial charge in [0.2, 0.25) is 0 Å². The number of amides is 2. The molecule has 13 heteroatoms. The molecular formula is C18H20F4N4O4S. The van der Waals surface area contributed by atoms with Crippen molar-refractivity contribution in [2.24, 2.45) is 0 Å². The minimum atomic E-state index is -3.20. The van der Waals surface area contributed by atoms with Gasteiger partial charge >= 0.3 is 12.5 Å². The molecule has 8 nitrogen and oxygen atoms in total. The number of nitrogens with one attached hydrogen (secondary N) is 1. The summed E-state index contributed by atoms with van der Waals surface area (Å²) in [6.07, 6.45) is -5.04. The van der Waals surface area contributed by atoms with E-state index in [0.717, 1.165) is 17.0 Å². The molecule has 31 heavy (non-hydrogen) atoms. The van der Waals surface area contributed by atoms with E-state index in [-0.39, 0.29) is 44.2 Å². The van der Waals surface area contributed by atoms with Crippen molar-refractivity contribution in [3.05, 3.63) is 23.8 Å². The Labute approximate surface area is 180 Å². The highest BCUT2D eigenvalue weighted by Crippen LogP contribution is 2.31. The fourth-order valence-corrected chi connectivity index (χ4v) is 3.41. The van der Waals surface area contributed by atoms with Gasteiger partial charge in [0.1, 0.15) is 16.8 Å². The van der Waals surface area contributed by atoms with Crippen LogP contribution in [-0.4, -0.2) is 73.9 Å². The fraction of sp³-hybridized carbons (Fsp3) is 0.500. The van der Waals surface area contributed by atoms with Crippen LogP contribution in [0.15, 0.2) is 12.1 Å². The Bertz CT molecular complexity index is 852. The molecule has 1 atom stereocenters. The van der Waals surface area contributed by atoms with Crippen LogP contribution in [0.5, 0.6) is 0 Å². The Balaban J connectivity index is 1.71. The molecular weight excluding hydrogens is 444 g/mol. The first-order chi connectivity index (χ1) is 14.7. The quantitative estimate of drug-likeness (QED) is 0.528. The smallest absolute Gasteiger partial charge is 0.414 e. The number of hydrogen-bond acceptors (Lipinski definition) is 6. The lowest BCUT2D eigenvalue weighted by atomic mass is 10.2. The highest BCUT2D eigenvalue weighted by atomic mass is 32.1. The van der Waals surface area contributed by atoms with Crippen LogP contribution in [0.2, 0.25) is 0 Å². The molecule has 1 aromatic carbocycles. The van der Waals surface area contributed by atoms with Gasteiger partial charge in [-0.25, -0.2) is 18.6 Å². The van der Waals surface area contributed by atoms with Crippen LogP contribution in [0.4, 0.5) is 33.7 Å². The SMILES string of the molecule is CC(=S)N1CCN(c2c(F)cc(N3CC(CNC(=O)C(F)F)OC3=O)cc2F)CCO1. The van der Waals surface area contributed by atoms with Crippen LogP contribution in [0.1, 0.15) is 6.92 Å². The van der Waals surface area contributed by atoms with Crippen LogP contribution in [0.25, 0.3) is 0 Å². The molecule has 0 aliphatic carbocycles. The minimum absolute atomic E-state index is 0.0890. The summed E-state index contributed by atoms with van der Waals surface area (Å²) in [5.74, 6) is -3.27. The van der Waals surface area contributed by atoms with Crippen molar-refractivity contribution in [3.8, 4) is 0 Å². The van der Waals surface area contributed by atoms with E-state index in [0.29, 0.717) is 11.5 Å². The third kappa shape index (κ3) is 5.34. The molecule has 2 fully saturated rings. The van der Waals surface area contributed by atoms with Crippen molar-refractivity contribution >= 4 is 40.6 Å². The van der Waals surface area contributed by atoms with Crippen molar-refractivity contribution in [1.29, 1.82) is 0 Å². The van der Waals surface area contributed by atoms with E-state index in [4.69, 9.17) is 21.8 Å². The number of hydrogen-bond donors (Lipinski definition) is 1. The predicted molar refractivity (Wildman–Crippen MR) is 106 cm³/mol. The lowest BCUT2D eigenvalue weighted by Gasteiger charge is -2.24. The number of cyclic esters (lactones) is 1. The number of thiocarbonyl (C=S) groups is 1. The third-order valence-corrected chi connectivity index (χ3v) is 4.94. The predicted octanol–water partition coefficient (Wildman–Crippen LogP) is 2.07. The minimum Gasteiger partial charge on any atom is -0.442 e. The Kier molecular flexibility index (Phi) is 7.15. The Morgan fingerprint density at radius 1 is 1.26 bits per heavy atom. The number of rotatable bonds is 5. The number of hydroxylamine groups is 2. The van der Waals surface area contributed by atoms with Crippen LogP contribution < -0.4 is 15.1 Å². The first kappa shape index (κ1) is 23.0. The van der Waals surface area contributed by atoms with E-state index in [1.54, 1.807) is 6.92 Å². The Morgan fingerprint density at radius 2 is 1.94 bits per heavy atom. The molecule has 0 spiro atoms. The van der Waals surface area contributed by atoms with E-state index in [9.17, 15) is 27.2 Å². The van der Waals surface area contributed by atoms with Gasteiger partial charge in [0, 0.05) is 25.2 Å². The molecule has 2 amide bonds. The average Bonchev–Trinajstić information content (AvgIpc) is 2.90. The molecule has 0 saturated carbocycles. The largest absolute Gasteiger partial charge is 0.442 e. The van der Waals surface area contributed by atoms with Gasteiger partial charge in [0.15, 0.2) is 11.6 Å². The molecule has 170 valence electrons. The molecule has 0 bridgehead atoms. The van der Waals surface area contributed by atoms with Gasteiger partial charge in [-0.1, -0.05) is 12.2 Å². The van der Waals surface area contributed by atoms with Gasteiger partial charge in [-0.15, -0.1) is 0 Å². The van der Waals surface area contributed by atoms with E-state index < -0.39 is 36.2 Å². The molecule has 1 unspecified atom stereocenters. The molecule has 2 saturated heterocycles. The van der Waals surface area contributed by atoms with Gasteiger partial charge < -0.3 is 15.0 Å². The second-order valence-corrected chi connectivity index (χ2v) is 7.45. The molecule has 1 N–H and O–H groups in total. The Hall–Kier alpha value is -2.67. The lowest BCUT2D eigenvalue weighted by molar-refractivity contribution is -0.132. The molecule has 1 aromatic rings. The second kappa shape index (κ2) is 9.64. The van der Waals surface area contributed by atoms with Crippen LogP contribution in [0.3, 0.4) is 0 Å². The number of halogens is 4. The zero-order chi connectivity index (χ0) is 22.7. The standard InChI is InChI=1S/C18H20F4N4O4S/c1-10(31)26-3-2-24(4-5-29-26)15-13(19)6-11(7-14(15)20)25-9-12(30-18(25)28)8-23-17(27)16(21)22/h6-7,12,16H,2-5,8-9H2,1H3,(H,23,27). The summed E-state index contributed by atoms with van der Waals surface area (Å²) in [4.78, 5) is 31.4. The van der Waals surface area contributed by atoms with Gasteiger partial charge in [-0.3, -0.25) is 14.5 Å². The Morgan fingerprint density at radius 3 is 2.55 bits per heavy atom. The fourth-order valence-electron chi connectivity index (χ4n) is 3.26. The monoisotopic (exact) mass is 464 g/mol. The number of alkyl halides is 2. The zero-order valence-corrected chi connectivity index (χ0v) is 17.3. The maximum atomic E-state index is 14.8. The number of carbonyl (C=O) groups is 2. The van der Waals surface area contributed by atoms with Gasteiger partial charge in [-0.05, 0) is 6.92 Å². The van der Waals surface area contributed by atoms with E-state index in [1.807, 2.05) is 5.32 Å². The summed E-state index contributed by atoms with van der Waals surface area (Å²) in [5, 5.41) is 3.42. The topological polar surface area (TPSA) is 74.4 Å². The van der Waals surface area contributed by atoms with Crippen molar-refractivity contribution in [2.75, 3.05) is 49.1 Å². The summed E-state index contributed by atoms with van der Waals surface area (Å²) in [6, 6.07) is 1.99. The van der Waals surface area contributed by atoms with Crippen molar-refractivity contribution < 1.29 is 36.7 Å². The molecule has 0 radical (unpaired) electrons. The highest BCUT2D eigenvalue weighted by Gasteiger charge is 2.34. The van der Waals surface area contributed by atoms with Crippen LogP contribution >= 0.6 is 12.2 Å². The van der Waals surface area contributed by atoms with Gasteiger partial charge in [-0.2, -0.15) is 8.78 Å². The normalized spacial score (nSPS) is 19.5. The molecule has 2 aliphatic heterocycles. The summed E-state index contributed by atoms with van der Waals surface area (Å²) in [5.41, 5.74) is -0.349. The second-order valence-electron chi connectivity index (χ2n) is 6.86. The summed E-state index contributed by atoms with van der Waals surface area (Å²) < 4.78 is 59.1. The number of ether oxygens (including phenoxy) is 1. The molecule has 0 aromatic heterocycles. The maximum Gasteiger partial charge on any atom is 0.414 e. The first-order valence-corrected chi connectivity index (χ1v) is 9.77. The summed E-state index contributed by atoms with van der Waals surface area (Å²) in [6.45, 7) is 2.16. The number of anilines is 2. The van der Waals surface area contributed by atoms with Crippen molar-refractivity contribution in [1.82, 2.24) is 10.4 Å². The summed E-state index contributed by atoms with van der Waals surface area (Å²) in [7, 11) is 0. The molecule has 3 rings (SSSR count). The molecule has 2 heterocycles. The number of carbonyl (C=O) groups excluding carboxylic acids is 2. The summed E-state index contributed by atoms with van der Waals surface area (Å²) >= 11 is 5.05. The van der Waals surface area contributed by atoms with Crippen molar-refractivity contribution in [2.45, 2.75) is 19.5 Å². The first-order valence-electron chi connectivity index (χ1n) is 9.36. The highest BCUT2D eigenvalue weighted by molar-refractivity contribution is 7.80. The molecule has 2 aliphatic rings. The number of nitrogens with zero attached hydrogens (tertiary/aromatic N) is 3. The van der Waals surface area contributed by atoms with Crippen LogP contribution in [0, 0.1) is 11.6 Å².